The summed E-state index contributed by atoms with van der Waals surface area (Å²) in [4.78, 5) is 43.7. The van der Waals surface area contributed by atoms with Gasteiger partial charge in [0.15, 0.2) is 0 Å². The number of carboxylic acids is 1. The normalized spacial score (nSPS) is 11.4. The third-order valence-electron chi connectivity index (χ3n) is 8.47. The number of aliphatic carboxylic acids is 1. The highest BCUT2D eigenvalue weighted by atomic mass is 16.6. The van der Waals surface area contributed by atoms with Gasteiger partial charge in [-0.05, 0) is 64.7 Å². The Balaban J connectivity index is 1.19. The number of rotatable bonds is 28. The van der Waals surface area contributed by atoms with E-state index in [1.807, 2.05) is 67.6 Å². The maximum absolute atomic E-state index is 12.8. The van der Waals surface area contributed by atoms with Gasteiger partial charge in [-0.2, -0.15) is 0 Å². The lowest BCUT2D eigenvalue weighted by molar-refractivity contribution is -0.138. The van der Waals surface area contributed by atoms with Gasteiger partial charge in [0.05, 0.1) is 71.9 Å². The van der Waals surface area contributed by atoms with Crippen LogP contribution in [0.25, 0.3) is 32.3 Å². The minimum absolute atomic E-state index is 0.221. The maximum atomic E-state index is 12.8. The van der Waals surface area contributed by atoms with Crippen LogP contribution < -0.4 is 20.7 Å². The van der Waals surface area contributed by atoms with E-state index in [-0.39, 0.29) is 25.3 Å². The molecule has 304 valence electrons. The average molecular weight is 786 g/mol. The van der Waals surface area contributed by atoms with Crippen molar-refractivity contribution in [2.24, 2.45) is 5.11 Å². The van der Waals surface area contributed by atoms with Crippen LogP contribution in [0.4, 0.5) is 5.82 Å². The third kappa shape index (κ3) is 16.5. The molecule has 1 heterocycles. The van der Waals surface area contributed by atoms with Crippen LogP contribution in [0.2, 0.25) is 0 Å². The second-order valence-electron chi connectivity index (χ2n) is 12.8. The number of azide groups is 1. The van der Waals surface area contributed by atoms with Crippen molar-refractivity contribution in [3.63, 3.8) is 0 Å². The molecule has 0 saturated carbocycles. The van der Waals surface area contributed by atoms with Crippen LogP contribution in [0.5, 0.6) is 5.75 Å². The van der Waals surface area contributed by atoms with Crippen molar-refractivity contribution in [1.82, 2.24) is 15.6 Å². The van der Waals surface area contributed by atoms with Crippen molar-refractivity contribution in [3.05, 3.63) is 101 Å². The van der Waals surface area contributed by atoms with E-state index >= 15 is 0 Å². The standard InChI is InChI=1S/C41H51N7O9/c1-30-14-16-44-38(27-30)43-15-4-7-39(49)45-29-40(50)47-36(28-41(51)52)32-10-8-31(9-11-32)33-12-13-37(35-6-3-2-5-34(33)35)57-26-25-56-24-23-55-22-21-54-20-19-53-18-17-46-48-42/h2-3,5-6,8-14,16,27,36H,4,7,15,17-26,28-29H2,1H3,(H,43,44)(H,45,49)(H,47,50)(H,51,52). The van der Waals surface area contributed by atoms with Gasteiger partial charge in [-0.15, -0.1) is 0 Å². The summed E-state index contributed by atoms with van der Waals surface area (Å²) in [5.41, 5.74) is 11.8. The fourth-order valence-corrected chi connectivity index (χ4v) is 5.70. The Morgan fingerprint density at radius 1 is 0.825 bits per heavy atom. The number of aromatic nitrogens is 1. The zero-order valence-electron chi connectivity index (χ0n) is 32.2. The van der Waals surface area contributed by atoms with Crippen LogP contribution in [0.1, 0.15) is 36.4 Å². The molecule has 2 amide bonds. The molecule has 4 aromatic rings. The van der Waals surface area contributed by atoms with Crippen molar-refractivity contribution < 1.29 is 43.2 Å². The molecule has 1 atom stereocenters. The number of hydrogen-bond acceptors (Lipinski definition) is 11. The number of carboxylic acid groups (broad SMARTS) is 1. The molecule has 0 fully saturated rings. The number of carbonyl (C=O) groups excluding carboxylic acids is 2. The van der Waals surface area contributed by atoms with Gasteiger partial charge in [0.2, 0.25) is 11.8 Å². The molecule has 1 aromatic heterocycles. The summed E-state index contributed by atoms with van der Waals surface area (Å²) in [6, 6.07) is 22.2. The summed E-state index contributed by atoms with van der Waals surface area (Å²) in [6.45, 7) is 6.25. The molecule has 57 heavy (non-hydrogen) atoms. The Hall–Kier alpha value is -5.77. The first-order valence-corrected chi connectivity index (χ1v) is 18.8. The summed E-state index contributed by atoms with van der Waals surface area (Å²) in [5.74, 6) is -0.368. The zero-order chi connectivity index (χ0) is 40.5. The number of fused-ring (bicyclic) bond motifs is 1. The number of pyridine rings is 1. The lowest BCUT2D eigenvalue weighted by atomic mass is 9.95. The molecule has 0 radical (unpaired) electrons. The molecule has 4 rings (SSSR count). The highest BCUT2D eigenvalue weighted by Gasteiger charge is 2.19. The third-order valence-corrected chi connectivity index (χ3v) is 8.47. The van der Waals surface area contributed by atoms with Crippen molar-refractivity contribution in [1.29, 1.82) is 0 Å². The van der Waals surface area contributed by atoms with Crippen molar-refractivity contribution in [2.75, 3.05) is 84.4 Å². The molecule has 0 aliphatic heterocycles. The van der Waals surface area contributed by atoms with Gasteiger partial charge < -0.3 is 44.7 Å². The zero-order valence-corrected chi connectivity index (χ0v) is 32.2. The number of amides is 2. The predicted molar refractivity (Wildman–Crippen MR) is 215 cm³/mol. The van der Waals surface area contributed by atoms with Gasteiger partial charge in [0.1, 0.15) is 18.2 Å². The first-order chi connectivity index (χ1) is 27.8. The summed E-state index contributed by atoms with van der Waals surface area (Å²) in [6.07, 6.45) is 2.17. The fraction of sp³-hybridized carbons (Fsp3) is 0.415. The van der Waals surface area contributed by atoms with E-state index in [0.717, 1.165) is 39.0 Å². The maximum Gasteiger partial charge on any atom is 0.305 e. The van der Waals surface area contributed by atoms with Crippen LogP contribution >= 0.6 is 0 Å². The summed E-state index contributed by atoms with van der Waals surface area (Å²) in [5, 5.41) is 23.4. The van der Waals surface area contributed by atoms with Gasteiger partial charge in [-0.3, -0.25) is 14.4 Å². The molecular weight excluding hydrogens is 734 g/mol. The van der Waals surface area contributed by atoms with E-state index in [4.69, 9.17) is 29.2 Å². The van der Waals surface area contributed by atoms with E-state index in [9.17, 15) is 19.5 Å². The highest BCUT2D eigenvalue weighted by Crippen LogP contribution is 2.35. The van der Waals surface area contributed by atoms with E-state index < -0.39 is 17.9 Å². The minimum Gasteiger partial charge on any atom is -0.491 e. The molecule has 0 saturated heterocycles. The monoisotopic (exact) mass is 785 g/mol. The fourth-order valence-electron chi connectivity index (χ4n) is 5.70. The van der Waals surface area contributed by atoms with Gasteiger partial charge in [0, 0.05) is 36.0 Å². The number of ether oxygens (including phenoxy) is 5. The van der Waals surface area contributed by atoms with Crippen LogP contribution in [0.3, 0.4) is 0 Å². The molecule has 0 bridgehead atoms. The summed E-state index contributed by atoms with van der Waals surface area (Å²) >= 11 is 0. The first-order valence-electron chi connectivity index (χ1n) is 18.8. The first kappa shape index (κ1) is 44.0. The van der Waals surface area contributed by atoms with Crippen molar-refractivity contribution in [2.45, 2.75) is 32.2 Å². The Kier molecular flexibility index (Phi) is 19.6. The SMILES string of the molecule is Cc1ccnc(NCCCC(=O)NCC(=O)NC(CC(=O)O)c2ccc(-c3ccc(OCCOCCOCCOCCOCCN=[N+]=[N-])c4ccccc34)cc2)c1. The van der Waals surface area contributed by atoms with Gasteiger partial charge in [-0.1, -0.05) is 59.7 Å². The molecule has 0 spiro atoms. The lowest BCUT2D eigenvalue weighted by Crippen LogP contribution is -2.39. The molecular formula is C41H51N7O9. The number of benzene rings is 3. The van der Waals surface area contributed by atoms with Gasteiger partial charge in [0.25, 0.3) is 0 Å². The van der Waals surface area contributed by atoms with Gasteiger partial charge in [-0.25, -0.2) is 4.98 Å². The Labute approximate surface area is 331 Å². The van der Waals surface area contributed by atoms with Crippen LogP contribution in [-0.4, -0.2) is 107 Å². The van der Waals surface area contributed by atoms with E-state index in [0.29, 0.717) is 84.5 Å². The number of aryl methyl sites for hydroxylation is 1. The topological polar surface area (TPSA) is 215 Å². The van der Waals surface area contributed by atoms with E-state index in [2.05, 4.69) is 31.0 Å². The Morgan fingerprint density at radius 2 is 1.49 bits per heavy atom. The predicted octanol–water partition coefficient (Wildman–Crippen LogP) is 5.61. The number of hydrogen-bond donors (Lipinski definition) is 4. The largest absolute Gasteiger partial charge is 0.491 e. The molecule has 16 heteroatoms. The van der Waals surface area contributed by atoms with Gasteiger partial charge >= 0.3 is 5.97 Å². The van der Waals surface area contributed by atoms with Crippen molar-refractivity contribution in [3.8, 4) is 16.9 Å². The second-order valence-corrected chi connectivity index (χ2v) is 12.8. The molecule has 0 aliphatic rings. The molecule has 4 N–H and O–H groups in total. The number of anilines is 1. The number of nitrogens with one attached hydrogen (secondary N) is 3. The summed E-state index contributed by atoms with van der Waals surface area (Å²) < 4.78 is 27.9. The second kappa shape index (κ2) is 25.4. The minimum atomic E-state index is -1.06. The Bertz CT molecular complexity index is 1910. The van der Waals surface area contributed by atoms with Crippen LogP contribution in [0.15, 0.2) is 84.1 Å². The van der Waals surface area contributed by atoms with Crippen LogP contribution in [0, 0.1) is 6.92 Å². The molecule has 1 unspecified atom stereocenters. The average Bonchev–Trinajstić information content (AvgIpc) is 3.21. The van der Waals surface area contributed by atoms with E-state index in [1.165, 1.54) is 0 Å². The van der Waals surface area contributed by atoms with E-state index in [1.54, 1.807) is 18.3 Å². The number of carbonyl (C=O) groups is 3. The number of nitrogens with zero attached hydrogens (tertiary/aromatic N) is 4. The quantitative estimate of drug-likeness (QED) is 0.0240. The molecule has 3 aromatic carbocycles. The highest BCUT2D eigenvalue weighted by molar-refractivity contribution is 6.00. The molecule has 0 aliphatic carbocycles. The lowest BCUT2D eigenvalue weighted by Gasteiger charge is -2.19. The Morgan fingerprint density at radius 3 is 2.16 bits per heavy atom. The van der Waals surface area contributed by atoms with Crippen LogP contribution in [-0.2, 0) is 33.3 Å². The summed E-state index contributed by atoms with van der Waals surface area (Å²) in [7, 11) is 0. The van der Waals surface area contributed by atoms with Crippen molar-refractivity contribution >= 4 is 34.4 Å². The smallest absolute Gasteiger partial charge is 0.305 e. The molecule has 16 nitrogen and oxygen atoms in total.